The van der Waals surface area contributed by atoms with Crippen molar-refractivity contribution in [3.05, 3.63) is 61.0 Å². The number of hydrogen-bond acceptors (Lipinski definition) is 2. The molecule has 1 saturated heterocycles. The van der Waals surface area contributed by atoms with Crippen molar-refractivity contribution in [1.29, 1.82) is 0 Å². The highest BCUT2D eigenvalue weighted by Crippen LogP contribution is 2.31. The zero-order chi connectivity index (χ0) is 17.5. The van der Waals surface area contributed by atoms with Crippen LogP contribution >= 0.6 is 0 Å². The molecule has 1 amide bonds. The van der Waals surface area contributed by atoms with Crippen molar-refractivity contribution >= 4 is 5.91 Å². The summed E-state index contributed by atoms with van der Waals surface area (Å²) in [6.45, 7) is 8.73. The number of aliphatic hydroxyl groups excluding tert-OH is 1. The predicted octanol–water partition coefficient (Wildman–Crippen LogP) is 3.87. The quantitative estimate of drug-likeness (QED) is 0.771. The van der Waals surface area contributed by atoms with Crippen molar-refractivity contribution in [3.8, 4) is 0 Å². The number of nitrogens with zero attached hydrogens (tertiary/aromatic N) is 1. The molecule has 1 aliphatic heterocycles. The summed E-state index contributed by atoms with van der Waals surface area (Å²) < 4.78 is 13.0. The summed E-state index contributed by atoms with van der Waals surface area (Å²) in [5, 5.41) is 10.5. The Morgan fingerprint density at radius 1 is 1.21 bits per heavy atom. The largest absolute Gasteiger partial charge is 0.388 e. The van der Waals surface area contributed by atoms with Crippen molar-refractivity contribution < 1.29 is 14.3 Å². The molecular formula is C20H26FNO2. The average Bonchev–Trinajstić information content (AvgIpc) is 2.61. The highest BCUT2D eigenvalue weighted by molar-refractivity contribution is 5.79. The van der Waals surface area contributed by atoms with Crippen molar-refractivity contribution in [1.82, 2.24) is 4.90 Å². The summed E-state index contributed by atoms with van der Waals surface area (Å²) in [6, 6.07) is 5.99. The van der Waals surface area contributed by atoms with Gasteiger partial charge in [0.25, 0.3) is 0 Å². The number of halogens is 1. The summed E-state index contributed by atoms with van der Waals surface area (Å²) in [5.74, 6) is -0.151. The van der Waals surface area contributed by atoms with E-state index in [0.717, 1.165) is 18.4 Å². The number of piperidine rings is 1. The number of rotatable bonds is 7. The van der Waals surface area contributed by atoms with Gasteiger partial charge in [0.15, 0.2) is 0 Å². The van der Waals surface area contributed by atoms with E-state index in [-0.39, 0.29) is 23.6 Å². The Kier molecular flexibility index (Phi) is 6.73. The van der Waals surface area contributed by atoms with Gasteiger partial charge in [0.1, 0.15) is 5.82 Å². The Morgan fingerprint density at radius 2 is 1.75 bits per heavy atom. The van der Waals surface area contributed by atoms with E-state index in [1.807, 2.05) is 4.90 Å². The van der Waals surface area contributed by atoms with Crippen molar-refractivity contribution in [3.63, 3.8) is 0 Å². The fraction of sp³-hybridized carbons (Fsp3) is 0.450. The lowest BCUT2D eigenvalue weighted by molar-refractivity contribution is -0.137. The molecule has 1 aromatic rings. The molecule has 4 heteroatoms. The first kappa shape index (κ1) is 18.4. The van der Waals surface area contributed by atoms with E-state index in [9.17, 15) is 14.3 Å². The van der Waals surface area contributed by atoms with Gasteiger partial charge in [-0.2, -0.15) is 0 Å². The number of allylic oxidation sites excluding steroid dienone is 2. The minimum absolute atomic E-state index is 0.0847. The van der Waals surface area contributed by atoms with Gasteiger partial charge in [-0.15, -0.1) is 13.2 Å². The van der Waals surface area contributed by atoms with Crippen LogP contribution in [0.1, 0.15) is 37.4 Å². The molecule has 24 heavy (non-hydrogen) atoms. The second-order valence-corrected chi connectivity index (χ2v) is 6.40. The molecule has 0 aliphatic carbocycles. The van der Waals surface area contributed by atoms with E-state index in [2.05, 4.69) is 13.2 Å². The van der Waals surface area contributed by atoms with Gasteiger partial charge in [0.05, 0.1) is 6.10 Å². The molecule has 0 radical (unpaired) electrons. The van der Waals surface area contributed by atoms with Gasteiger partial charge in [-0.1, -0.05) is 24.3 Å². The summed E-state index contributed by atoms with van der Waals surface area (Å²) in [6.07, 6.45) is 5.75. The van der Waals surface area contributed by atoms with Crippen molar-refractivity contribution in [2.45, 2.75) is 31.8 Å². The average molecular weight is 331 g/mol. The van der Waals surface area contributed by atoms with Crippen LogP contribution in [-0.4, -0.2) is 29.0 Å². The molecule has 0 bridgehead atoms. The molecule has 1 aromatic carbocycles. The summed E-state index contributed by atoms with van der Waals surface area (Å²) >= 11 is 0. The van der Waals surface area contributed by atoms with E-state index < -0.39 is 6.10 Å². The lowest BCUT2D eigenvalue weighted by Gasteiger charge is -2.36. The highest BCUT2D eigenvalue weighted by Gasteiger charge is 2.30. The van der Waals surface area contributed by atoms with Crippen LogP contribution in [0.25, 0.3) is 0 Å². The van der Waals surface area contributed by atoms with Gasteiger partial charge < -0.3 is 10.0 Å². The molecule has 3 nitrogen and oxygen atoms in total. The van der Waals surface area contributed by atoms with Crippen LogP contribution in [0.15, 0.2) is 49.6 Å². The maximum absolute atomic E-state index is 13.0. The van der Waals surface area contributed by atoms with Crippen LogP contribution in [0.2, 0.25) is 0 Å². The Hall–Kier alpha value is -1.94. The molecule has 0 spiro atoms. The maximum atomic E-state index is 13.0. The lowest BCUT2D eigenvalue weighted by Crippen LogP contribution is -2.42. The Bertz CT molecular complexity index is 552. The van der Waals surface area contributed by atoms with E-state index in [4.69, 9.17) is 0 Å². The smallest absolute Gasteiger partial charge is 0.226 e. The fourth-order valence-corrected chi connectivity index (χ4v) is 3.33. The van der Waals surface area contributed by atoms with Gasteiger partial charge in [-0.3, -0.25) is 4.79 Å². The number of amides is 1. The Labute approximate surface area is 143 Å². The molecule has 0 saturated carbocycles. The Balaban J connectivity index is 1.92. The van der Waals surface area contributed by atoms with Crippen LogP contribution in [0.4, 0.5) is 4.39 Å². The minimum atomic E-state index is -0.611. The van der Waals surface area contributed by atoms with Crippen LogP contribution in [-0.2, 0) is 4.79 Å². The normalized spacial score (nSPS) is 16.9. The minimum Gasteiger partial charge on any atom is -0.388 e. The van der Waals surface area contributed by atoms with Gasteiger partial charge in [-0.05, 0) is 49.3 Å². The number of benzene rings is 1. The molecule has 1 aliphatic rings. The second kappa shape index (κ2) is 8.78. The van der Waals surface area contributed by atoms with Gasteiger partial charge in [0, 0.05) is 19.0 Å². The zero-order valence-electron chi connectivity index (χ0n) is 14.0. The first-order valence-electron chi connectivity index (χ1n) is 8.51. The maximum Gasteiger partial charge on any atom is 0.226 e. The van der Waals surface area contributed by atoms with Crippen LogP contribution in [0, 0.1) is 17.7 Å². The zero-order valence-corrected chi connectivity index (χ0v) is 14.0. The standard InChI is InChI=1S/C20H26FNO2/c1-3-5-17(6-4-2)20(24)22-13-11-16(12-14-22)19(23)15-7-9-18(21)10-8-15/h3-4,7-10,16-17,19,23H,1-2,5-6,11-14H2. The van der Waals surface area contributed by atoms with Crippen LogP contribution in [0.5, 0.6) is 0 Å². The first-order valence-corrected chi connectivity index (χ1v) is 8.51. The molecule has 1 unspecified atom stereocenters. The second-order valence-electron chi connectivity index (χ2n) is 6.40. The molecule has 1 heterocycles. The SMILES string of the molecule is C=CCC(CC=C)C(=O)N1CCC(C(O)c2ccc(F)cc2)CC1. The molecular weight excluding hydrogens is 305 g/mol. The first-order chi connectivity index (χ1) is 11.6. The lowest BCUT2D eigenvalue weighted by atomic mass is 9.86. The summed E-state index contributed by atoms with van der Waals surface area (Å²) in [7, 11) is 0. The number of carbonyl (C=O) groups is 1. The number of carbonyl (C=O) groups excluding carboxylic acids is 1. The topological polar surface area (TPSA) is 40.5 Å². The van der Waals surface area contributed by atoms with E-state index >= 15 is 0 Å². The van der Waals surface area contributed by atoms with Crippen LogP contribution in [0.3, 0.4) is 0 Å². The van der Waals surface area contributed by atoms with Crippen molar-refractivity contribution in [2.75, 3.05) is 13.1 Å². The summed E-state index contributed by atoms with van der Waals surface area (Å²) in [4.78, 5) is 14.5. The molecule has 2 rings (SSSR count). The highest BCUT2D eigenvalue weighted by atomic mass is 19.1. The van der Waals surface area contributed by atoms with Gasteiger partial charge in [0.2, 0.25) is 5.91 Å². The van der Waals surface area contributed by atoms with Gasteiger partial charge >= 0.3 is 0 Å². The number of hydrogen-bond donors (Lipinski definition) is 1. The fourth-order valence-electron chi connectivity index (χ4n) is 3.33. The third-order valence-corrected chi connectivity index (χ3v) is 4.76. The van der Waals surface area contributed by atoms with Crippen LogP contribution < -0.4 is 0 Å². The third kappa shape index (κ3) is 4.54. The molecule has 130 valence electrons. The molecule has 1 N–H and O–H groups in total. The van der Waals surface area contributed by atoms with Gasteiger partial charge in [-0.25, -0.2) is 4.39 Å². The van der Waals surface area contributed by atoms with E-state index in [0.29, 0.717) is 25.9 Å². The Morgan fingerprint density at radius 3 is 2.25 bits per heavy atom. The third-order valence-electron chi connectivity index (χ3n) is 4.76. The molecule has 1 fully saturated rings. The summed E-state index contributed by atoms with van der Waals surface area (Å²) in [5.41, 5.74) is 0.734. The van der Waals surface area contributed by atoms with E-state index in [1.165, 1.54) is 12.1 Å². The monoisotopic (exact) mass is 331 g/mol. The van der Waals surface area contributed by atoms with E-state index in [1.54, 1.807) is 24.3 Å². The number of aliphatic hydroxyl groups is 1. The molecule has 0 aromatic heterocycles. The van der Waals surface area contributed by atoms with Crippen molar-refractivity contribution in [2.24, 2.45) is 11.8 Å². The number of likely N-dealkylation sites (tertiary alicyclic amines) is 1. The predicted molar refractivity (Wildman–Crippen MR) is 93.8 cm³/mol. The molecule has 1 atom stereocenters.